The van der Waals surface area contributed by atoms with Crippen molar-refractivity contribution in [3.63, 3.8) is 0 Å². The molecule has 0 spiro atoms. The van der Waals surface area contributed by atoms with Gasteiger partial charge in [-0.1, -0.05) is 5.16 Å². The number of rotatable bonds is 2. The van der Waals surface area contributed by atoms with Crippen LogP contribution in [0.4, 0.5) is 10.1 Å². The topological polar surface area (TPSA) is 46.3 Å². The molecule has 4 nitrogen and oxygen atoms in total. The van der Waals surface area contributed by atoms with Gasteiger partial charge in [-0.25, -0.2) is 4.39 Å². The lowest BCUT2D eigenvalue weighted by molar-refractivity contribution is -0.119. The summed E-state index contributed by atoms with van der Waals surface area (Å²) < 4.78 is 16.6. The Labute approximate surface area is 68.9 Å². The van der Waals surface area contributed by atoms with Gasteiger partial charge in [-0.05, 0) is 6.92 Å². The van der Waals surface area contributed by atoms with E-state index >= 15 is 0 Å². The highest BCUT2D eigenvalue weighted by Gasteiger charge is 2.14. The van der Waals surface area contributed by atoms with Crippen LogP contribution in [0.2, 0.25) is 0 Å². The molecule has 1 amide bonds. The van der Waals surface area contributed by atoms with Crippen LogP contribution in [-0.4, -0.2) is 24.8 Å². The Morgan fingerprint density at radius 1 is 1.83 bits per heavy atom. The predicted octanol–water partition coefficient (Wildman–Crippen LogP) is 0.915. The van der Waals surface area contributed by atoms with Gasteiger partial charge in [0.15, 0.2) is 12.4 Å². The number of amides is 1. The van der Waals surface area contributed by atoms with E-state index in [1.54, 1.807) is 6.92 Å². The van der Waals surface area contributed by atoms with Gasteiger partial charge in [0.2, 0.25) is 0 Å². The molecule has 1 rings (SSSR count). The minimum absolute atomic E-state index is 0.498. The first-order valence-electron chi connectivity index (χ1n) is 3.40. The maximum absolute atomic E-state index is 11.9. The van der Waals surface area contributed by atoms with E-state index < -0.39 is 12.6 Å². The lowest BCUT2D eigenvalue weighted by Crippen LogP contribution is -2.27. The van der Waals surface area contributed by atoms with Gasteiger partial charge >= 0.3 is 0 Å². The van der Waals surface area contributed by atoms with Crippen LogP contribution in [0, 0.1) is 6.92 Å². The van der Waals surface area contributed by atoms with Crippen molar-refractivity contribution in [2.45, 2.75) is 6.92 Å². The highest BCUT2D eigenvalue weighted by Crippen LogP contribution is 2.17. The summed E-state index contributed by atoms with van der Waals surface area (Å²) >= 11 is 0. The minimum atomic E-state index is -1.01. The number of anilines is 1. The van der Waals surface area contributed by atoms with E-state index in [0.29, 0.717) is 11.4 Å². The van der Waals surface area contributed by atoms with E-state index in [1.807, 2.05) is 0 Å². The largest absolute Gasteiger partial charge is 0.359 e. The third kappa shape index (κ3) is 1.44. The summed E-state index contributed by atoms with van der Waals surface area (Å²) in [7, 11) is 1.47. The molecule has 0 aliphatic rings. The number of nitrogens with zero attached hydrogens (tertiary/aromatic N) is 2. The lowest BCUT2D eigenvalue weighted by Gasteiger charge is -2.12. The zero-order chi connectivity index (χ0) is 9.14. The number of hydrogen-bond acceptors (Lipinski definition) is 3. The number of alkyl halides is 1. The standard InChI is InChI=1S/C7H9FN2O2/c1-5-6(4-9-12-5)10(2)7(11)3-8/h4H,3H2,1-2H3. The second-order valence-electron chi connectivity index (χ2n) is 2.35. The molecule has 0 bridgehead atoms. The monoisotopic (exact) mass is 172 g/mol. The molecule has 66 valence electrons. The molecule has 0 radical (unpaired) electrons. The zero-order valence-electron chi connectivity index (χ0n) is 6.87. The zero-order valence-corrected chi connectivity index (χ0v) is 6.87. The van der Waals surface area contributed by atoms with E-state index in [0.717, 1.165) is 0 Å². The Kier molecular flexibility index (Phi) is 2.42. The first-order valence-corrected chi connectivity index (χ1v) is 3.40. The maximum atomic E-state index is 11.9. The number of carbonyl (C=O) groups excluding carboxylic acids is 1. The third-order valence-electron chi connectivity index (χ3n) is 1.58. The summed E-state index contributed by atoms with van der Waals surface area (Å²) in [6.45, 7) is 0.644. The first-order chi connectivity index (χ1) is 5.66. The number of carbonyl (C=O) groups is 1. The summed E-state index contributed by atoms with van der Waals surface area (Å²) in [5, 5.41) is 3.47. The molecule has 0 aliphatic carbocycles. The predicted molar refractivity (Wildman–Crippen MR) is 40.6 cm³/mol. The smallest absolute Gasteiger partial charge is 0.258 e. The Morgan fingerprint density at radius 2 is 2.50 bits per heavy atom. The van der Waals surface area contributed by atoms with Crippen molar-refractivity contribution in [2.24, 2.45) is 0 Å². The van der Waals surface area contributed by atoms with Crippen molar-refractivity contribution in [3.8, 4) is 0 Å². The highest BCUT2D eigenvalue weighted by molar-refractivity contribution is 5.93. The first kappa shape index (κ1) is 8.70. The van der Waals surface area contributed by atoms with Gasteiger partial charge in [0.25, 0.3) is 5.91 Å². The molecule has 0 saturated carbocycles. The SMILES string of the molecule is Cc1oncc1N(C)C(=O)CF. The minimum Gasteiger partial charge on any atom is -0.359 e. The Bertz CT molecular complexity index is 285. The second-order valence-corrected chi connectivity index (χ2v) is 2.35. The number of hydrogen-bond donors (Lipinski definition) is 0. The Morgan fingerprint density at radius 3 is 2.92 bits per heavy atom. The molecule has 0 N–H and O–H groups in total. The molecular formula is C7H9FN2O2. The average molecular weight is 172 g/mol. The van der Waals surface area contributed by atoms with Crippen LogP contribution >= 0.6 is 0 Å². The van der Waals surface area contributed by atoms with Crippen molar-refractivity contribution >= 4 is 11.6 Å². The summed E-state index contributed by atoms with van der Waals surface area (Å²) in [5.74, 6) is -0.111. The van der Waals surface area contributed by atoms with Crippen molar-refractivity contribution in [1.82, 2.24) is 5.16 Å². The molecule has 0 saturated heterocycles. The van der Waals surface area contributed by atoms with Crippen LogP contribution in [0.15, 0.2) is 10.7 Å². The molecule has 0 aliphatic heterocycles. The Hall–Kier alpha value is -1.39. The van der Waals surface area contributed by atoms with Crippen LogP contribution < -0.4 is 4.90 Å². The molecule has 1 heterocycles. The van der Waals surface area contributed by atoms with Gasteiger partial charge in [0.1, 0.15) is 5.69 Å². The summed E-state index contributed by atoms with van der Waals surface area (Å²) in [5.41, 5.74) is 0.498. The molecule has 1 aromatic rings. The number of aryl methyl sites for hydroxylation is 1. The summed E-state index contributed by atoms with van der Waals surface area (Å²) in [6.07, 6.45) is 1.38. The lowest BCUT2D eigenvalue weighted by atomic mass is 10.4. The van der Waals surface area contributed by atoms with Crippen LogP contribution in [0.1, 0.15) is 5.76 Å². The molecule has 0 fully saturated rings. The van der Waals surface area contributed by atoms with E-state index in [2.05, 4.69) is 5.16 Å². The molecule has 0 atom stereocenters. The molecular weight excluding hydrogens is 163 g/mol. The third-order valence-corrected chi connectivity index (χ3v) is 1.58. The molecule has 0 aromatic carbocycles. The summed E-state index contributed by atoms with van der Waals surface area (Å²) in [4.78, 5) is 12.0. The van der Waals surface area contributed by atoms with E-state index in [4.69, 9.17) is 4.52 Å². The second kappa shape index (κ2) is 3.34. The fourth-order valence-corrected chi connectivity index (χ4v) is 0.840. The van der Waals surface area contributed by atoms with Gasteiger partial charge in [0.05, 0.1) is 6.20 Å². The van der Waals surface area contributed by atoms with Crippen molar-refractivity contribution in [2.75, 3.05) is 18.6 Å². The van der Waals surface area contributed by atoms with E-state index in [9.17, 15) is 9.18 Å². The van der Waals surface area contributed by atoms with E-state index in [1.165, 1.54) is 18.1 Å². The van der Waals surface area contributed by atoms with Gasteiger partial charge in [-0.15, -0.1) is 0 Å². The molecule has 12 heavy (non-hydrogen) atoms. The fourth-order valence-electron chi connectivity index (χ4n) is 0.840. The summed E-state index contributed by atoms with van der Waals surface area (Å²) in [6, 6.07) is 0. The maximum Gasteiger partial charge on any atom is 0.258 e. The van der Waals surface area contributed by atoms with Crippen molar-refractivity contribution in [3.05, 3.63) is 12.0 Å². The molecule has 0 unspecified atom stereocenters. The molecule has 1 aromatic heterocycles. The van der Waals surface area contributed by atoms with Crippen molar-refractivity contribution < 1.29 is 13.7 Å². The van der Waals surface area contributed by atoms with Gasteiger partial charge in [-0.2, -0.15) is 0 Å². The van der Waals surface area contributed by atoms with Crippen LogP contribution in [0.25, 0.3) is 0 Å². The number of halogens is 1. The normalized spacial score (nSPS) is 9.92. The van der Waals surface area contributed by atoms with Gasteiger partial charge < -0.3 is 9.42 Å². The van der Waals surface area contributed by atoms with E-state index in [-0.39, 0.29) is 0 Å². The number of aromatic nitrogens is 1. The Balaban J connectivity index is 2.84. The molecule has 5 heteroatoms. The van der Waals surface area contributed by atoms with Crippen molar-refractivity contribution in [1.29, 1.82) is 0 Å². The van der Waals surface area contributed by atoms with Gasteiger partial charge in [0, 0.05) is 7.05 Å². The van der Waals surface area contributed by atoms with Crippen LogP contribution in [0.3, 0.4) is 0 Å². The van der Waals surface area contributed by atoms with Crippen LogP contribution in [0.5, 0.6) is 0 Å². The fraction of sp³-hybridized carbons (Fsp3) is 0.429. The van der Waals surface area contributed by atoms with Crippen LogP contribution in [-0.2, 0) is 4.79 Å². The average Bonchev–Trinajstić information content (AvgIpc) is 2.48. The quantitative estimate of drug-likeness (QED) is 0.666. The van der Waals surface area contributed by atoms with Gasteiger partial charge in [-0.3, -0.25) is 4.79 Å². The highest BCUT2D eigenvalue weighted by atomic mass is 19.1.